The second-order valence-electron chi connectivity index (χ2n) is 8.57. The lowest BCUT2D eigenvalue weighted by Gasteiger charge is -2.47. The van der Waals surface area contributed by atoms with Crippen molar-refractivity contribution in [2.75, 3.05) is 0 Å². The van der Waals surface area contributed by atoms with Crippen molar-refractivity contribution in [2.45, 2.75) is 86.8 Å². The van der Waals surface area contributed by atoms with E-state index < -0.39 is 0 Å². The molecule has 0 nitrogen and oxygen atoms in total. The summed E-state index contributed by atoms with van der Waals surface area (Å²) in [5.74, 6) is 0.778. The molecule has 0 aliphatic heterocycles. The van der Waals surface area contributed by atoms with E-state index in [-0.39, 0.29) is 0 Å². The van der Waals surface area contributed by atoms with Gasteiger partial charge in [0.25, 0.3) is 0 Å². The van der Waals surface area contributed by atoms with Crippen LogP contribution in [0.15, 0.2) is 0 Å². The summed E-state index contributed by atoms with van der Waals surface area (Å²) < 4.78 is 0. The van der Waals surface area contributed by atoms with Crippen molar-refractivity contribution in [3.05, 3.63) is 0 Å². The van der Waals surface area contributed by atoms with Crippen LogP contribution in [0.2, 0.25) is 13.1 Å². The summed E-state index contributed by atoms with van der Waals surface area (Å²) in [6.07, 6.45) is 8.33. The fourth-order valence-corrected chi connectivity index (χ4v) is 3.66. The van der Waals surface area contributed by atoms with E-state index in [9.17, 15) is 0 Å². The van der Waals surface area contributed by atoms with Crippen LogP contribution in [0.5, 0.6) is 0 Å². The summed E-state index contributed by atoms with van der Waals surface area (Å²) in [5.41, 5.74) is 1.66. The van der Waals surface area contributed by atoms with Crippen molar-refractivity contribution >= 4 is 7.28 Å². The molecule has 0 spiro atoms. The Balaban J connectivity index is 2.70. The maximum atomic E-state index is 2.54. The number of hydrogen-bond donors (Lipinski definition) is 0. The van der Waals surface area contributed by atoms with E-state index in [4.69, 9.17) is 0 Å². The highest BCUT2D eigenvalue weighted by atomic mass is 14.4. The lowest BCUT2D eigenvalue weighted by atomic mass is 9.53. The monoisotopic (exact) mass is 249 g/mol. The third-order valence-electron chi connectivity index (χ3n) is 5.71. The van der Waals surface area contributed by atoms with Gasteiger partial charge in [0.2, 0.25) is 0 Å². The van der Waals surface area contributed by atoms with Crippen LogP contribution in [0, 0.1) is 22.2 Å². The molecule has 1 heteroatoms. The molecule has 1 aliphatic carbocycles. The van der Waals surface area contributed by atoms with Gasteiger partial charge < -0.3 is 0 Å². The minimum atomic E-state index is 0.491. The molecule has 0 bridgehead atoms. The minimum Gasteiger partial charge on any atom is -0.0920 e. The van der Waals surface area contributed by atoms with E-state index in [0.717, 1.165) is 5.92 Å². The van der Waals surface area contributed by atoms with Crippen LogP contribution in [-0.2, 0) is 0 Å². The fourth-order valence-electron chi connectivity index (χ4n) is 3.66. The summed E-state index contributed by atoms with van der Waals surface area (Å²) >= 11 is 0. The zero-order chi connectivity index (χ0) is 14.0. The van der Waals surface area contributed by atoms with E-state index in [2.05, 4.69) is 55.6 Å². The second-order valence-corrected chi connectivity index (χ2v) is 8.57. The molecule has 0 aromatic heterocycles. The predicted octanol–water partition coefficient (Wildman–Crippen LogP) is 5.82. The molecule has 18 heavy (non-hydrogen) atoms. The Morgan fingerprint density at radius 3 is 1.94 bits per heavy atom. The lowest BCUT2D eigenvalue weighted by Crippen LogP contribution is -2.36. The molecule has 0 amide bonds. The maximum absolute atomic E-state index is 2.54. The van der Waals surface area contributed by atoms with E-state index in [1.165, 1.54) is 38.4 Å². The highest BCUT2D eigenvalue weighted by Crippen LogP contribution is 2.52. The molecule has 0 heterocycles. The van der Waals surface area contributed by atoms with Crippen molar-refractivity contribution in [3.63, 3.8) is 0 Å². The van der Waals surface area contributed by atoms with Gasteiger partial charge in [-0.05, 0) is 54.3 Å². The first-order valence-electron chi connectivity index (χ1n) is 7.90. The van der Waals surface area contributed by atoms with Crippen LogP contribution in [0.3, 0.4) is 0 Å². The van der Waals surface area contributed by atoms with Crippen LogP contribution in [0.1, 0.15) is 73.6 Å². The molecule has 1 aliphatic rings. The summed E-state index contributed by atoms with van der Waals surface area (Å²) in [6.45, 7) is 16.9. The molecular formula is C17H34B. The quantitative estimate of drug-likeness (QED) is 0.539. The topological polar surface area (TPSA) is 0 Å². The van der Waals surface area contributed by atoms with Crippen LogP contribution in [0.4, 0.5) is 0 Å². The molecule has 105 valence electrons. The van der Waals surface area contributed by atoms with Gasteiger partial charge in [-0.2, -0.15) is 0 Å². The Morgan fingerprint density at radius 2 is 1.56 bits per heavy atom. The van der Waals surface area contributed by atoms with E-state index >= 15 is 0 Å². The molecule has 0 aromatic carbocycles. The van der Waals surface area contributed by atoms with Gasteiger partial charge >= 0.3 is 0 Å². The first-order chi connectivity index (χ1) is 8.13. The van der Waals surface area contributed by atoms with Crippen LogP contribution in [-0.4, -0.2) is 7.28 Å². The summed E-state index contributed by atoms with van der Waals surface area (Å²) in [7, 11) is 2.37. The average molecular weight is 249 g/mol. The normalized spacial score (nSPS) is 25.8. The Morgan fingerprint density at radius 1 is 1.06 bits per heavy atom. The highest BCUT2D eigenvalue weighted by molar-refractivity contribution is 6.33. The molecule has 1 fully saturated rings. The molecule has 0 saturated heterocycles. The Bertz CT molecular complexity index is 257. The van der Waals surface area contributed by atoms with E-state index in [0.29, 0.717) is 16.2 Å². The third kappa shape index (κ3) is 4.03. The van der Waals surface area contributed by atoms with E-state index in [1.807, 2.05) is 0 Å². The largest absolute Gasteiger partial charge is 0.106 e. The van der Waals surface area contributed by atoms with Gasteiger partial charge in [0.05, 0.1) is 0 Å². The van der Waals surface area contributed by atoms with Gasteiger partial charge in [0, 0.05) is 0 Å². The Hall–Kier alpha value is 0.0649. The first-order valence-corrected chi connectivity index (χ1v) is 7.90. The van der Waals surface area contributed by atoms with Crippen LogP contribution in [0.25, 0.3) is 0 Å². The molecule has 1 unspecified atom stereocenters. The molecular weight excluding hydrogens is 215 g/mol. The zero-order valence-corrected chi connectivity index (χ0v) is 13.9. The Labute approximate surface area is 117 Å². The molecule has 0 aromatic rings. The summed E-state index contributed by atoms with van der Waals surface area (Å²) in [4.78, 5) is 0. The van der Waals surface area contributed by atoms with Gasteiger partial charge in [-0.3, -0.25) is 0 Å². The SMILES string of the molecule is C[B]CC(C)(CC1(C)CCC(C)(C)CC1)C(C)C. The molecule has 1 atom stereocenters. The van der Waals surface area contributed by atoms with Gasteiger partial charge in [0.15, 0.2) is 0 Å². The smallest absolute Gasteiger partial charge is 0.0920 e. The van der Waals surface area contributed by atoms with Crippen molar-refractivity contribution in [1.29, 1.82) is 0 Å². The molecule has 1 radical (unpaired) electrons. The summed E-state index contributed by atoms with van der Waals surface area (Å²) in [5, 5.41) is 0. The van der Waals surface area contributed by atoms with Gasteiger partial charge in [-0.25, -0.2) is 0 Å². The lowest BCUT2D eigenvalue weighted by molar-refractivity contribution is 0.0519. The molecule has 1 rings (SSSR count). The van der Waals surface area contributed by atoms with Gasteiger partial charge in [-0.1, -0.05) is 54.7 Å². The van der Waals surface area contributed by atoms with Crippen molar-refractivity contribution in [3.8, 4) is 0 Å². The molecule has 0 N–H and O–H groups in total. The predicted molar refractivity (Wildman–Crippen MR) is 84.3 cm³/mol. The summed E-state index contributed by atoms with van der Waals surface area (Å²) in [6, 6.07) is 0. The molecule has 1 saturated carbocycles. The standard InChI is InChI=1S/C17H34B/c1-14(2)17(6,13-18-7)12-16(5)10-8-15(3,4)9-11-16/h14H,8-13H2,1-7H3. The zero-order valence-electron chi connectivity index (χ0n) is 13.9. The van der Waals surface area contributed by atoms with Gasteiger partial charge in [-0.15, -0.1) is 0 Å². The van der Waals surface area contributed by atoms with Crippen LogP contribution < -0.4 is 0 Å². The minimum absolute atomic E-state index is 0.491. The second kappa shape index (κ2) is 5.59. The van der Waals surface area contributed by atoms with Gasteiger partial charge in [0.1, 0.15) is 7.28 Å². The third-order valence-corrected chi connectivity index (χ3v) is 5.71. The highest BCUT2D eigenvalue weighted by Gasteiger charge is 2.40. The van der Waals surface area contributed by atoms with E-state index in [1.54, 1.807) is 0 Å². The number of rotatable bonds is 5. The van der Waals surface area contributed by atoms with Crippen molar-refractivity contribution in [1.82, 2.24) is 0 Å². The Kier molecular flexibility index (Phi) is 5.01. The number of hydrogen-bond acceptors (Lipinski definition) is 0. The fraction of sp³-hybridized carbons (Fsp3) is 1.00. The average Bonchev–Trinajstić information content (AvgIpc) is 2.23. The first kappa shape index (κ1) is 16.1. The van der Waals surface area contributed by atoms with Crippen molar-refractivity contribution < 1.29 is 0 Å². The van der Waals surface area contributed by atoms with Crippen molar-refractivity contribution in [2.24, 2.45) is 22.2 Å². The van der Waals surface area contributed by atoms with Crippen LogP contribution >= 0.6 is 0 Å². The maximum Gasteiger partial charge on any atom is 0.106 e.